The first-order valence-corrected chi connectivity index (χ1v) is 8.10. The molecule has 132 valence electrons. The molecule has 1 fully saturated rings. The number of hydrogen-bond donors (Lipinski definition) is 0. The maximum atomic E-state index is 12.4. The summed E-state index contributed by atoms with van der Waals surface area (Å²) in [5.74, 6) is 0.0692. The monoisotopic (exact) mass is 345 g/mol. The Hall–Kier alpha value is -3.03. The third-order valence-electron chi connectivity index (χ3n) is 4.06. The molecule has 0 atom stereocenters. The Morgan fingerprint density at radius 2 is 1.92 bits per heavy atom. The lowest BCUT2D eigenvalue weighted by molar-refractivity contribution is -0.402. The van der Waals surface area contributed by atoms with E-state index >= 15 is 0 Å². The van der Waals surface area contributed by atoms with Gasteiger partial charge in [0.05, 0.1) is 18.4 Å². The molecule has 25 heavy (non-hydrogen) atoms. The second kappa shape index (κ2) is 7.25. The van der Waals surface area contributed by atoms with E-state index in [2.05, 4.69) is 4.90 Å². The summed E-state index contributed by atoms with van der Waals surface area (Å²) in [4.78, 5) is 26.2. The molecule has 8 heteroatoms. The van der Waals surface area contributed by atoms with Gasteiger partial charge < -0.3 is 19.0 Å². The number of ether oxygens (including phenoxy) is 1. The minimum Gasteiger partial charge on any atom is -0.492 e. The molecule has 0 aliphatic carbocycles. The van der Waals surface area contributed by atoms with E-state index in [0.29, 0.717) is 32.8 Å². The van der Waals surface area contributed by atoms with Crippen LogP contribution in [0, 0.1) is 10.1 Å². The first-order valence-electron chi connectivity index (χ1n) is 8.10. The number of nitro groups is 1. The average molecular weight is 345 g/mol. The molecule has 2 aromatic rings. The van der Waals surface area contributed by atoms with Gasteiger partial charge in [-0.15, -0.1) is 0 Å². The highest BCUT2D eigenvalue weighted by molar-refractivity contribution is 5.92. The van der Waals surface area contributed by atoms with Crippen molar-refractivity contribution < 1.29 is 18.9 Å². The largest absolute Gasteiger partial charge is 0.492 e. The van der Waals surface area contributed by atoms with Gasteiger partial charge in [0.2, 0.25) is 0 Å². The summed E-state index contributed by atoms with van der Waals surface area (Å²) >= 11 is 0. The van der Waals surface area contributed by atoms with Crippen molar-refractivity contribution >= 4 is 17.5 Å². The van der Waals surface area contributed by atoms with Crippen LogP contribution in [0.25, 0.3) is 0 Å². The van der Waals surface area contributed by atoms with E-state index in [-0.39, 0.29) is 11.7 Å². The molecule has 1 saturated heterocycles. The first-order chi connectivity index (χ1) is 12.1. The lowest BCUT2D eigenvalue weighted by atomic mass is 10.2. The van der Waals surface area contributed by atoms with Crippen molar-refractivity contribution in [3.8, 4) is 5.75 Å². The number of carbonyl (C=O) groups excluding carboxylic acids is 1. The quantitative estimate of drug-likeness (QED) is 0.611. The van der Waals surface area contributed by atoms with Crippen LogP contribution in [-0.4, -0.2) is 48.5 Å². The number of carbonyl (C=O) groups is 1. The highest BCUT2D eigenvalue weighted by Crippen LogP contribution is 2.29. The second-order valence-electron chi connectivity index (χ2n) is 5.57. The number of benzene rings is 1. The fourth-order valence-electron chi connectivity index (χ4n) is 2.84. The molecule has 0 unspecified atom stereocenters. The Bertz CT molecular complexity index is 765. The standard InChI is InChI=1S/C17H19N3O5/c1-2-24-14-6-4-3-5-13(14)18-9-11-19(12-10-18)17(21)15-7-8-16(25-15)20(22)23/h3-8H,2,9-12H2,1H3. The van der Waals surface area contributed by atoms with Gasteiger partial charge in [-0.05, 0) is 25.1 Å². The lowest BCUT2D eigenvalue weighted by Crippen LogP contribution is -2.48. The molecule has 1 amide bonds. The van der Waals surface area contributed by atoms with Crippen molar-refractivity contribution in [2.75, 3.05) is 37.7 Å². The van der Waals surface area contributed by atoms with Crippen LogP contribution >= 0.6 is 0 Å². The maximum Gasteiger partial charge on any atom is 0.433 e. The molecule has 2 heterocycles. The summed E-state index contributed by atoms with van der Waals surface area (Å²) in [5, 5.41) is 10.7. The summed E-state index contributed by atoms with van der Waals surface area (Å²) in [6.07, 6.45) is 0. The number of rotatable bonds is 5. The third kappa shape index (κ3) is 3.57. The Labute approximate surface area is 144 Å². The van der Waals surface area contributed by atoms with Gasteiger partial charge in [0.15, 0.2) is 5.76 Å². The van der Waals surface area contributed by atoms with E-state index in [4.69, 9.17) is 9.15 Å². The van der Waals surface area contributed by atoms with Crippen LogP contribution in [-0.2, 0) is 0 Å². The van der Waals surface area contributed by atoms with E-state index in [1.807, 2.05) is 31.2 Å². The van der Waals surface area contributed by atoms with Gasteiger partial charge in [-0.2, -0.15) is 0 Å². The van der Waals surface area contributed by atoms with Gasteiger partial charge in [-0.1, -0.05) is 12.1 Å². The van der Waals surface area contributed by atoms with Gasteiger partial charge in [0.1, 0.15) is 10.7 Å². The Morgan fingerprint density at radius 3 is 2.56 bits per heavy atom. The van der Waals surface area contributed by atoms with Gasteiger partial charge in [0.25, 0.3) is 5.91 Å². The van der Waals surface area contributed by atoms with Gasteiger partial charge in [0, 0.05) is 26.2 Å². The Morgan fingerprint density at radius 1 is 1.20 bits per heavy atom. The Kier molecular flexibility index (Phi) is 4.87. The van der Waals surface area contributed by atoms with Crippen LogP contribution in [0.5, 0.6) is 5.75 Å². The zero-order chi connectivity index (χ0) is 17.8. The highest BCUT2D eigenvalue weighted by atomic mass is 16.6. The van der Waals surface area contributed by atoms with Crippen molar-refractivity contribution in [3.05, 3.63) is 52.3 Å². The second-order valence-corrected chi connectivity index (χ2v) is 5.57. The topological polar surface area (TPSA) is 89.1 Å². The minimum absolute atomic E-state index is 0.00475. The molecule has 0 radical (unpaired) electrons. The molecule has 0 spiro atoms. The van der Waals surface area contributed by atoms with Crippen LogP contribution in [0.15, 0.2) is 40.8 Å². The fraction of sp³-hybridized carbons (Fsp3) is 0.353. The van der Waals surface area contributed by atoms with Crippen LogP contribution in [0.1, 0.15) is 17.5 Å². The number of piperazine rings is 1. The lowest BCUT2D eigenvalue weighted by Gasteiger charge is -2.36. The molecule has 8 nitrogen and oxygen atoms in total. The van der Waals surface area contributed by atoms with E-state index < -0.39 is 10.8 Å². The number of hydrogen-bond acceptors (Lipinski definition) is 6. The summed E-state index contributed by atoms with van der Waals surface area (Å²) in [7, 11) is 0. The van der Waals surface area contributed by atoms with E-state index in [1.165, 1.54) is 12.1 Å². The zero-order valence-electron chi connectivity index (χ0n) is 13.9. The highest BCUT2D eigenvalue weighted by Gasteiger charge is 2.26. The first kappa shape index (κ1) is 16.8. The van der Waals surface area contributed by atoms with E-state index in [9.17, 15) is 14.9 Å². The maximum absolute atomic E-state index is 12.4. The third-order valence-corrected chi connectivity index (χ3v) is 4.06. The van der Waals surface area contributed by atoms with E-state index in [0.717, 1.165) is 11.4 Å². The molecule has 1 aromatic carbocycles. The van der Waals surface area contributed by atoms with Crippen LogP contribution in [0.4, 0.5) is 11.6 Å². The van der Waals surface area contributed by atoms with Crippen LogP contribution < -0.4 is 9.64 Å². The number of para-hydroxylation sites is 2. The number of amides is 1. The predicted octanol–water partition coefficient (Wildman–Crippen LogP) is 2.55. The molecule has 0 bridgehead atoms. The molecule has 1 aliphatic rings. The van der Waals surface area contributed by atoms with Crippen molar-refractivity contribution in [2.24, 2.45) is 0 Å². The summed E-state index contributed by atoms with van der Waals surface area (Å²) in [6.45, 7) is 4.85. The fourth-order valence-corrected chi connectivity index (χ4v) is 2.84. The number of furan rings is 1. The van der Waals surface area contributed by atoms with Gasteiger partial charge in [-0.25, -0.2) is 0 Å². The van der Waals surface area contributed by atoms with Crippen molar-refractivity contribution in [1.82, 2.24) is 4.90 Å². The number of nitrogens with zero attached hydrogens (tertiary/aromatic N) is 3. The van der Waals surface area contributed by atoms with Crippen molar-refractivity contribution in [2.45, 2.75) is 6.92 Å². The van der Waals surface area contributed by atoms with Crippen molar-refractivity contribution in [3.63, 3.8) is 0 Å². The molecular formula is C17H19N3O5. The average Bonchev–Trinajstić information content (AvgIpc) is 3.12. The predicted molar refractivity (Wildman–Crippen MR) is 91.1 cm³/mol. The van der Waals surface area contributed by atoms with Crippen LogP contribution in [0.2, 0.25) is 0 Å². The molecular weight excluding hydrogens is 326 g/mol. The smallest absolute Gasteiger partial charge is 0.433 e. The SMILES string of the molecule is CCOc1ccccc1N1CCN(C(=O)c2ccc([N+](=O)[O-])o2)CC1. The molecule has 1 aliphatic heterocycles. The summed E-state index contributed by atoms with van der Waals surface area (Å²) in [6, 6.07) is 10.4. The number of anilines is 1. The molecule has 3 rings (SSSR count). The molecule has 1 aromatic heterocycles. The van der Waals surface area contributed by atoms with Crippen LogP contribution in [0.3, 0.4) is 0 Å². The molecule has 0 saturated carbocycles. The van der Waals surface area contributed by atoms with Gasteiger partial charge >= 0.3 is 5.88 Å². The minimum atomic E-state index is -0.653. The molecule has 0 N–H and O–H groups in total. The van der Waals surface area contributed by atoms with Gasteiger partial charge in [-0.3, -0.25) is 14.9 Å². The summed E-state index contributed by atoms with van der Waals surface area (Å²) < 4.78 is 10.7. The van der Waals surface area contributed by atoms with E-state index in [1.54, 1.807) is 4.90 Å². The summed E-state index contributed by atoms with van der Waals surface area (Å²) in [5.41, 5.74) is 1.00. The van der Waals surface area contributed by atoms with Crippen molar-refractivity contribution in [1.29, 1.82) is 0 Å². The Balaban J connectivity index is 1.65. The normalized spacial score (nSPS) is 14.4. The zero-order valence-corrected chi connectivity index (χ0v) is 13.9.